The molecule has 0 spiro atoms. The fraction of sp³-hybridized carbons (Fsp3) is 0.400. The fourth-order valence-corrected chi connectivity index (χ4v) is 3.32. The zero-order valence-corrected chi connectivity index (χ0v) is 16.7. The molecule has 2 heterocycles. The average molecular weight is 400 g/mol. The van der Waals surface area contributed by atoms with E-state index in [2.05, 4.69) is 16.5 Å². The van der Waals surface area contributed by atoms with Gasteiger partial charge in [0.25, 0.3) is 5.56 Å². The maximum atomic E-state index is 12.8. The number of likely N-dealkylation sites (tertiary alicyclic amines) is 1. The van der Waals surface area contributed by atoms with Crippen LogP contribution in [0.25, 0.3) is 10.9 Å². The number of benzene rings is 1. The van der Waals surface area contributed by atoms with Crippen molar-refractivity contribution >= 4 is 22.7 Å². The number of hydrogen-bond donors (Lipinski definition) is 1. The lowest BCUT2D eigenvalue weighted by molar-refractivity contribution is -0.146. The predicted molar refractivity (Wildman–Crippen MR) is 107 cm³/mol. The Bertz CT molecular complexity index is 1010. The van der Waals surface area contributed by atoms with E-state index >= 15 is 0 Å². The fourth-order valence-electron chi connectivity index (χ4n) is 3.32. The summed E-state index contributed by atoms with van der Waals surface area (Å²) in [5.41, 5.74) is 0.136. The van der Waals surface area contributed by atoms with Crippen LogP contribution in [0.5, 0.6) is 11.5 Å². The monoisotopic (exact) mass is 400 g/mol. The summed E-state index contributed by atoms with van der Waals surface area (Å²) in [5.74, 6) is 0.777. The first-order valence-corrected chi connectivity index (χ1v) is 9.26. The van der Waals surface area contributed by atoms with E-state index in [1.54, 1.807) is 21.9 Å². The molecular weight excluding hydrogens is 376 g/mol. The highest BCUT2D eigenvalue weighted by Crippen LogP contribution is 2.30. The first kappa shape index (κ1) is 20.4. The van der Waals surface area contributed by atoms with E-state index in [0.717, 1.165) is 0 Å². The highest BCUT2D eigenvalue weighted by atomic mass is 16.5. The third-order valence-electron chi connectivity index (χ3n) is 5.01. The molecule has 0 atom stereocenters. The van der Waals surface area contributed by atoms with Crippen LogP contribution in [0.2, 0.25) is 0 Å². The Labute approximate surface area is 167 Å². The SMILES string of the molecule is C=CC(=O)N1CC(C(=O)N(CC)Cc2nc3cc(OC)c(OC)cc3c(=O)[nH]2)C1. The van der Waals surface area contributed by atoms with Gasteiger partial charge in [-0.1, -0.05) is 6.58 Å². The minimum atomic E-state index is -0.319. The van der Waals surface area contributed by atoms with Crippen LogP contribution in [0.15, 0.2) is 29.6 Å². The van der Waals surface area contributed by atoms with Crippen LogP contribution in [0, 0.1) is 5.92 Å². The van der Waals surface area contributed by atoms with Crippen molar-refractivity contribution in [1.82, 2.24) is 19.8 Å². The highest BCUT2D eigenvalue weighted by Gasteiger charge is 2.36. The van der Waals surface area contributed by atoms with Crippen LogP contribution in [0.3, 0.4) is 0 Å². The van der Waals surface area contributed by atoms with Crippen molar-refractivity contribution in [2.75, 3.05) is 33.9 Å². The van der Waals surface area contributed by atoms with Crippen molar-refractivity contribution in [3.63, 3.8) is 0 Å². The van der Waals surface area contributed by atoms with Crippen LogP contribution in [-0.2, 0) is 16.1 Å². The maximum absolute atomic E-state index is 12.8. The van der Waals surface area contributed by atoms with Gasteiger partial charge in [-0.05, 0) is 19.1 Å². The predicted octanol–water partition coefficient (Wildman–Crippen LogP) is 0.933. The Kier molecular flexibility index (Phi) is 5.86. The number of nitrogens with one attached hydrogen (secondary N) is 1. The molecule has 9 nitrogen and oxygen atoms in total. The number of methoxy groups -OCH3 is 2. The summed E-state index contributed by atoms with van der Waals surface area (Å²) in [7, 11) is 3.00. The summed E-state index contributed by atoms with van der Waals surface area (Å²) < 4.78 is 10.5. The third kappa shape index (κ3) is 3.94. The average Bonchev–Trinajstić information content (AvgIpc) is 2.69. The molecule has 1 aromatic carbocycles. The molecule has 2 amide bonds. The number of carbonyl (C=O) groups excluding carboxylic acids is 2. The molecule has 3 rings (SSSR count). The minimum absolute atomic E-state index is 0.0735. The van der Waals surface area contributed by atoms with Crippen LogP contribution in [0.4, 0.5) is 0 Å². The maximum Gasteiger partial charge on any atom is 0.258 e. The second-order valence-electron chi connectivity index (χ2n) is 6.73. The lowest BCUT2D eigenvalue weighted by atomic mass is 9.98. The number of amides is 2. The number of rotatable bonds is 7. The van der Waals surface area contributed by atoms with Gasteiger partial charge in [-0.3, -0.25) is 14.4 Å². The molecule has 0 unspecified atom stereocenters. The molecule has 1 aliphatic rings. The van der Waals surface area contributed by atoms with Crippen molar-refractivity contribution in [2.24, 2.45) is 5.92 Å². The smallest absolute Gasteiger partial charge is 0.258 e. The van der Waals surface area contributed by atoms with Gasteiger partial charge in [0.15, 0.2) is 11.5 Å². The Morgan fingerprint density at radius 1 is 1.31 bits per heavy atom. The standard InChI is InChI=1S/C20H24N4O5/c1-5-18(25)24-9-12(10-24)20(27)23(6-2)11-17-21-14-8-16(29-4)15(28-3)7-13(14)19(26)22-17/h5,7-8,12H,1,6,9-11H2,2-4H3,(H,21,22,26). The van der Waals surface area contributed by atoms with E-state index in [1.165, 1.54) is 20.3 Å². The first-order valence-electron chi connectivity index (χ1n) is 9.26. The summed E-state index contributed by atoms with van der Waals surface area (Å²) in [5, 5.41) is 0.373. The molecular formula is C20H24N4O5. The molecule has 0 aliphatic carbocycles. The normalized spacial score (nSPS) is 13.7. The van der Waals surface area contributed by atoms with Crippen molar-refractivity contribution in [2.45, 2.75) is 13.5 Å². The Hall–Kier alpha value is -3.36. The number of fused-ring (bicyclic) bond motifs is 1. The van der Waals surface area contributed by atoms with E-state index in [1.807, 2.05) is 6.92 Å². The van der Waals surface area contributed by atoms with Crippen LogP contribution in [0.1, 0.15) is 12.7 Å². The van der Waals surface area contributed by atoms with Gasteiger partial charge in [0.05, 0.1) is 37.6 Å². The lowest BCUT2D eigenvalue weighted by Gasteiger charge is -2.39. The van der Waals surface area contributed by atoms with E-state index in [-0.39, 0.29) is 29.8 Å². The Morgan fingerprint density at radius 2 is 1.97 bits per heavy atom. The van der Waals surface area contributed by atoms with Gasteiger partial charge >= 0.3 is 0 Å². The van der Waals surface area contributed by atoms with Gasteiger partial charge < -0.3 is 24.3 Å². The molecule has 154 valence electrons. The summed E-state index contributed by atoms with van der Waals surface area (Å²) in [6.07, 6.45) is 1.24. The molecule has 0 bridgehead atoms. The van der Waals surface area contributed by atoms with Gasteiger partial charge in [-0.25, -0.2) is 4.98 Å². The molecule has 9 heteroatoms. The zero-order chi connectivity index (χ0) is 21.1. The zero-order valence-electron chi connectivity index (χ0n) is 16.7. The van der Waals surface area contributed by atoms with Crippen LogP contribution >= 0.6 is 0 Å². The molecule has 1 aromatic heterocycles. The summed E-state index contributed by atoms with van der Waals surface area (Å²) in [4.78, 5) is 47.2. The van der Waals surface area contributed by atoms with Gasteiger partial charge in [0, 0.05) is 25.7 Å². The number of carbonyl (C=O) groups is 2. The Morgan fingerprint density at radius 3 is 2.55 bits per heavy atom. The third-order valence-corrected chi connectivity index (χ3v) is 5.01. The lowest BCUT2D eigenvalue weighted by Crippen LogP contribution is -2.56. The van der Waals surface area contributed by atoms with E-state index in [0.29, 0.717) is 47.9 Å². The quantitative estimate of drug-likeness (QED) is 0.694. The van der Waals surface area contributed by atoms with Crippen LogP contribution in [-0.4, -0.2) is 65.4 Å². The molecule has 0 saturated carbocycles. The second-order valence-corrected chi connectivity index (χ2v) is 6.73. The van der Waals surface area contributed by atoms with Gasteiger partial charge in [-0.2, -0.15) is 0 Å². The largest absolute Gasteiger partial charge is 0.493 e. The molecule has 1 aliphatic heterocycles. The van der Waals surface area contributed by atoms with Crippen molar-refractivity contribution in [1.29, 1.82) is 0 Å². The minimum Gasteiger partial charge on any atom is -0.493 e. The number of H-pyrrole nitrogens is 1. The highest BCUT2D eigenvalue weighted by molar-refractivity contribution is 5.90. The van der Waals surface area contributed by atoms with Crippen molar-refractivity contribution < 1.29 is 19.1 Å². The number of aromatic amines is 1. The number of hydrogen-bond acceptors (Lipinski definition) is 6. The molecule has 2 aromatic rings. The summed E-state index contributed by atoms with van der Waals surface area (Å²) in [6.45, 7) is 6.68. The second kappa shape index (κ2) is 8.34. The molecule has 0 radical (unpaired) electrons. The number of aromatic nitrogens is 2. The van der Waals surface area contributed by atoms with E-state index in [4.69, 9.17) is 9.47 Å². The molecule has 29 heavy (non-hydrogen) atoms. The molecule has 1 saturated heterocycles. The van der Waals surface area contributed by atoms with E-state index < -0.39 is 0 Å². The van der Waals surface area contributed by atoms with Gasteiger partial charge in [0.2, 0.25) is 11.8 Å². The summed E-state index contributed by atoms with van der Waals surface area (Å²) in [6, 6.07) is 3.21. The molecule has 1 fully saturated rings. The van der Waals surface area contributed by atoms with Gasteiger partial charge in [0.1, 0.15) is 5.82 Å². The van der Waals surface area contributed by atoms with Crippen molar-refractivity contribution in [3.8, 4) is 11.5 Å². The summed E-state index contributed by atoms with van der Waals surface area (Å²) >= 11 is 0. The number of ether oxygens (including phenoxy) is 2. The van der Waals surface area contributed by atoms with E-state index in [9.17, 15) is 14.4 Å². The van der Waals surface area contributed by atoms with Crippen LogP contribution < -0.4 is 15.0 Å². The van der Waals surface area contributed by atoms with Gasteiger partial charge in [-0.15, -0.1) is 0 Å². The van der Waals surface area contributed by atoms with Crippen molar-refractivity contribution in [3.05, 3.63) is 41.0 Å². The number of nitrogens with zero attached hydrogens (tertiary/aromatic N) is 3. The molecule has 1 N–H and O–H groups in total. The topological polar surface area (TPSA) is 105 Å². The Balaban J connectivity index is 1.81. The first-order chi connectivity index (χ1) is 13.9.